The third-order valence-electron chi connectivity index (χ3n) is 2.43. The van der Waals surface area contributed by atoms with Crippen LogP contribution in [0, 0.1) is 5.92 Å². The van der Waals surface area contributed by atoms with Crippen LogP contribution in [0.4, 0.5) is 0 Å². The second kappa shape index (κ2) is 7.01. The molecule has 0 fully saturated rings. The van der Waals surface area contributed by atoms with Gasteiger partial charge in [-0.05, 0) is 23.8 Å². The molecule has 0 aromatic carbocycles. The van der Waals surface area contributed by atoms with E-state index in [2.05, 4.69) is 28.2 Å². The van der Waals surface area contributed by atoms with E-state index in [0.717, 1.165) is 30.3 Å². The minimum absolute atomic E-state index is 0.0456. The monoisotopic (exact) mass is 289 g/mol. The largest absolute Gasteiger partial charge is 0.352 e. The van der Waals surface area contributed by atoms with Crippen LogP contribution in [0.1, 0.15) is 30.1 Å². The van der Waals surface area contributed by atoms with Gasteiger partial charge < -0.3 is 5.32 Å². The molecule has 1 aromatic heterocycles. The molecule has 1 amide bonds. The predicted molar refractivity (Wildman–Crippen MR) is 68.8 cm³/mol. The Labute approximate surface area is 103 Å². The van der Waals surface area contributed by atoms with E-state index in [9.17, 15) is 4.79 Å². The summed E-state index contributed by atoms with van der Waals surface area (Å²) in [6, 6.07) is 1.85. The van der Waals surface area contributed by atoms with E-state index >= 15 is 0 Å². The molecule has 0 radical (unpaired) electrons. The van der Waals surface area contributed by atoms with Crippen molar-refractivity contribution in [2.24, 2.45) is 5.92 Å². The van der Waals surface area contributed by atoms with Crippen molar-refractivity contribution in [2.75, 3.05) is 11.9 Å². The standard InChI is InChI=1S/C11H16BrNOS/c1-2-9(3-5-12)7-13-11(14)10-4-6-15-8-10/h4,6,8-9H,2-3,5,7H2,1H3,(H,13,14). The number of carbonyl (C=O) groups is 1. The third-order valence-corrected chi connectivity index (χ3v) is 3.57. The van der Waals surface area contributed by atoms with Gasteiger partial charge in [-0.3, -0.25) is 4.79 Å². The molecule has 0 spiro atoms. The van der Waals surface area contributed by atoms with E-state index < -0.39 is 0 Å². The van der Waals surface area contributed by atoms with Crippen LogP contribution in [0.5, 0.6) is 0 Å². The van der Waals surface area contributed by atoms with Crippen LogP contribution >= 0.6 is 27.3 Å². The Balaban J connectivity index is 2.33. The van der Waals surface area contributed by atoms with Gasteiger partial charge in [0.15, 0.2) is 0 Å². The molecule has 0 saturated heterocycles. The highest BCUT2D eigenvalue weighted by molar-refractivity contribution is 9.09. The number of thiophene rings is 1. The number of amides is 1. The lowest BCUT2D eigenvalue weighted by Crippen LogP contribution is -2.28. The van der Waals surface area contributed by atoms with E-state index in [4.69, 9.17) is 0 Å². The van der Waals surface area contributed by atoms with Crippen LogP contribution in [-0.2, 0) is 0 Å². The zero-order valence-electron chi connectivity index (χ0n) is 8.83. The lowest BCUT2D eigenvalue weighted by Gasteiger charge is -2.13. The normalized spacial score (nSPS) is 12.4. The molecule has 1 heterocycles. The number of nitrogens with one attached hydrogen (secondary N) is 1. The number of carbonyl (C=O) groups excluding carboxylic acids is 1. The summed E-state index contributed by atoms with van der Waals surface area (Å²) in [6.07, 6.45) is 2.22. The highest BCUT2D eigenvalue weighted by Gasteiger charge is 2.09. The van der Waals surface area contributed by atoms with Gasteiger partial charge in [-0.1, -0.05) is 29.3 Å². The van der Waals surface area contributed by atoms with Gasteiger partial charge in [-0.15, -0.1) is 0 Å². The van der Waals surface area contributed by atoms with Crippen molar-refractivity contribution in [3.63, 3.8) is 0 Å². The van der Waals surface area contributed by atoms with Crippen molar-refractivity contribution in [2.45, 2.75) is 19.8 Å². The zero-order chi connectivity index (χ0) is 11.1. The molecule has 15 heavy (non-hydrogen) atoms. The topological polar surface area (TPSA) is 29.1 Å². The molecule has 0 saturated carbocycles. The number of rotatable bonds is 6. The molecule has 0 aliphatic carbocycles. The first kappa shape index (κ1) is 12.7. The number of hydrogen-bond donors (Lipinski definition) is 1. The number of alkyl halides is 1. The van der Waals surface area contributed by atoms with Crippen molar-refractivity contribution in [3.05, 3.63) is 22.4 Å². The van der Waals surface area contributed by atoms with E-state index in [-0.39, 0.29) is 5.91 Å². The maximum absolute atomic E-state index is 11.6. The maximum Gasteiger partial charge on any atom is 0.252 e. The highest BCUT2D eigenvalue weighted by atomic mass is 79.9. The van der Waals surface area contributed by atoms with Crippen LogP contribution in [0.3, 0.4) is 0 Å². The van der Waals surface area contributed by atoms with E-state index in [0.29, 0.717) is 5.92 Å². The van der Waals surface area contributed by atoms with Gasteiger partial charge in [0.25, 0.3) is 5.91 Å². The first-order valence-corrected chi connectivity index (χ1v) is 7.20. The van der Waals surface area contributed by atoms with Crippen LogP contribution in [0.15, 0.2) is 16.8 Å². The Bertz CT molecular complexity index is 287. The van der Waals surface area contributed by atoms with Crippen molar-refractivity contribution >= 4 is 33.2 Å². The fourth-order valence-electron chi connectivity index (χ4n) is 1.34. The molecule has 4 heteroatoms. The minimum atomic E-state index is 0.0456. The summed E-state index contributed by atoms with van der Waals surface area (Å²) in [5, 5.41) is 7.76. The smallest absolute Gasteiger partial charge is 0.252 e. The van der Waals surface area contributed by atoms with Crippen LogP contribution in [0.25, 0.3) is 0 Å². The molecule has 84 valence electrons. The maximum atomic E-state index is 11.6. The van der Waals surface area contributed by atoms with Gasteiger partial charge in [-0.2, -0.15) is 11.3 Å². The number of hydrogen-bond acceptors (Lipinski definition) is 2. The summed E-state index contributed by atoms with van der Waals surface area (Å²) in [6.45, 7) is 2.93. The molecule has 1 atom stereocenters. The molecule has 0 aliphatic rings. The molecule has 0 aliphatic heterocycles. The van der Waals surface area contributed by atoms with Gasteiger partial charge in [0.05, 0.1) is 0 Å². The fraction of sp³-hybridized carbons (Fsp3) is 0.545. The SMILES string of the molecule is CCC(CCBr)CNC(=O)c1ccsc1. The van der Waals surface area contributed by atoms with Crippen molar-refractivity contribution in [1.82, 2.24) is 5.32 Å². The van der Waals surface area contributed by atoms with Crippen LogP contribution < -0.4 is 5.32 Å². The summed E-state index contributed by atoms with van der Waals surface area (Å²) in [4.78, 5) is 11.6. The Morgan fingerprint density at radius 3 is 3.00 bits per heavy atom. The second-order valence-electron chi connectivity index (χ2n) is 3.47. The predicted octanol–water partition coefficient (Wildman–Crippen LogP) is 3.29. The van der Waals surface area contributed by atoms with Gasteiger partial charge in [0.2, 0.25) is 0 Å². The third kappa shape index (κ3) is 4.34. The van der Waals surface area contributed by atoms with Crippen molar-refractivity contribution in [3.8, 4) is 0 Å². The molecule has 0 bridgehead atoms. The van der Waals surface area contributed by atoms with E-state index in [1.165, 1.54) is 0 Å². The molecular weight excluding hydrogens is 274 g/mol. The Morgan fingerprint density at radius 2 is 2.47 bits per heavy atom. The first-order valence-electron chi connectivity index (χ1n) is 5.14. The first-order chi connectivity index (χ1) is 7.27. The Kier molecular flexibility index (Phi) is 5.95. The lowest BCUT2D eigenvalue weighted by atomic mass is 10.0. The number of halogens is 1. The average molecular weight is 290 g/mol. The fourth-order valence-corrected chi connectivity index (χ4v) is 2.62. The van der Waals surface area contributed by atoms with Crippen molar-refractivity contribution < 1.29 is 4.79 Å². The average Bonchev–Trinajstić information content (AvgIpc) is 2.77. The Morgan fingerprint density at radius 1 is 1.67 bits per heavy atom. The van der Waals surface area contributed by atoms with E-state index in [1.54, 1.807) is 11.3 Å². The van der Waals surface area contributed by atoms with Gasteiger partial charge in [0.1, 0.15) is 0 Å². The molecule has 1 unspecified atom stereocenters. The highest BCUT2D eigenvalue weighted by Crippen LogP contribution is 2.10. The summed E-state index contributed by atoms with van der Waals surface area (Å²) in [7, 11) is 0. The lowest BCUT2D eigenvalue weighted by molar-refractivity contribution is 0.0947. The molecule has 1 aromatic rings. The summed E-state index contributed by atoms with van der Waals surface area (Å²) >= 11 is 4.98. The summed E-state index contributed by atoms with van der Waals surface area (Å²) < 4.78 is 0. The van der Waals surface area contributed by atoms with Crippen molar-refractivity contribution in [1.29, 1.82) is 0 Å². The zero-order valence-corrected chi connectivity index (χ0v) is 11.2. The summed E-state index contributed by atoms with van der Waals surface area (Å²) in [5.41, 5.74) is 0.772. The quantitative estimate of drug-likeness (QED) is 0.800. The second-order valence-corrected chi connectivity index (χ2v) is 5.05. The summed E-state index contributed by atoms with van der Waals surface area (Å²) in [5.74, 6) is 0.622. The van der Waals surface area contributed by atoms with Gasteiger partial charge >= 0.3 is 0 Å². The van der Waals surface area contributed by atoms with E-state index in [1.807, 2.05) is 16.8 Å². The molecule has 2 nitrogen and oxygen atoms in total. The minimum Gasteiger partial charge on any atom is -0.352 e. The van der Waals surface area contributed by atoms with Gasteiger partial charge in [-0.25, -0.2) is 0 Å². The molecular formula is C11H16BrNOS. The van der Waals surface area contributed by atoms with Crippen LogP contribution in [0.2, 0.25) is 0 Å². The van der Waals surface area contributed by atoms with Gasteiger partial charge in [0, 0.05) is 22.8 Å². The molecule has 1 N–H and O–H groups in total. The Hall–Kier alpha value is -0.350. The molecule has 1 rings (SSSR count). The van der Waals surface area contributed by atoms with Crippen LogP contribution in [-0.4, -0.2) is 17.8 Å².